The summed E-state index contributed by atoms with van der Waals surface area (Å²) in [6.07, 6.45) is 0.881. The van der Waals surface area contributed by atoms with Gasteiger partial charge in [-0.15, -0.1) is 0 Å². The normalized spacial score (nSPS) is 11.9. The molecule has 0 saturated heterocycles. The summed E-state index contributed by atoms with van der Waals surface area (Å²) in [6, 6.07) is 7.26. The van der Waals surface area contributed by atoms with Gasteiger partial charge < -0.3 is 9.84 Å². The lowest BCUT2D eigenvalue weighted by Crippen LogP contribution is -2.28. The molecule has 0 fully saturated rings. The molecule has 0 atom stereocenters. The number of hydrogen-bond acceptors (Lipinski definition) is 4. The summed E-state index contributed by atoms with van der Waals surface area (Å²) in [5.41, 5.74) is 4.09. The van der Waals surface area contributed by atoms with Crippen LogP contribution >= 0.6 is 0 Å². The molecule has 7 heteroatoms. The molecule has 0 aliphatic heterocycles. The van der Waals surface area contributed by atoms with E-state index in [1.165, 1.54) is 0 Å². The highest BCUT2D eigenvalue weighted by Gasteiger charge is 2.22. The first-order chi connectivity index (χ1) is 11.2. The number of carboxylic acid groups (broad SMARTS) is 1. The average molecular weight is 353 g/mol. The number of amides is 1. The second-order valence-electron chi connectivity index (χ2n) is 6.16. The van der Waals surface area contributed by atoms with Crippen molar-refractivity contribution < 1.29 is 19.4 Å². The number of hydrogen-bond donors (Lipinski definition) is 2. The van der Waals surface area contributed by atoms with Gasteiger partial charge in [-0.1, -0.05) is 0 Å². The van der Waals surface area contributed by atoms with E-state index in [0.717, 1.165) is 5.56 Å². The van der Waals surface area contributed by atoms with Gasteiger partial charge in [0.2, 0.25) is 5.91 Å². The molecular formula is C17H25N2O4S+. The van der Waals surface area contributed by atoms with Crippen LogP contribution in [0.3, 0.4) is 0 Å². The molecule has 1 amide bonds. The third-order valence-corrected chi connectivity index (χ3v) is 3.20. The van der Waals surface area contributed by atoms with E-state index >= 15 is 0 Å². The topological polar surface area (TPSA) is 88.0 Å². The van der Waals surface area contributed by atoms with Crippen molar-refractivity contribution in [3.05, 3.63) is 29.8 Å². The van der Waals surface area contributed by atoms with Crippen LogP contribution in [-0.4, -0.2) is 34.0 Å². The molecule has 1 aromatic carbocycles. The Balaban J connectivity index is 2.50. The summed E-state index contributed by atoms with van der Waals surface area (Å²) < 4.78 is 5.20. The zero-order valence-corrected chi connectivity index (χ0v) is 15.3. The van der Waals surface area contributed by atoms with Crippen LogP contribution in [0.5, 0.6) is 5.75 Å². The molecule has 132 valence electrons. The van der Waals surface area contributed by atoms with Crippen LogP contribution in [0.15, 0.2) is 29.4 Å². The fraction of sp³-hybridized carbons (Fsp3) is 0.471. The van der Waals surface area contributed by atoms with Crippen molar-refractivity contribution >= 4 is 30.2 Å². The first-order valence-corrected chi connectivity index (χ1v) is 8.20. The molecule has 1 aromatic rings. The number of carboxylic acids is 1. The molecule has 1 rings (SSSR count). The molecule has 6 nitrogen and oxygen atoms in total. The molecular weight excluding hydrogens is 328 g/mol. The second-order valence-corrected chi connectivity index (χ2v) is 7.52. The molecule has 0 aliphatic carbocycles. The Morgan fingerprint density at radius 1 is 1.29 bits per heavy atom. The molecule has 24 heavy (non-hydrogen) atoms. The number of ether oxygens (including phenoxy) is 1. The third kappa shape index (κ3) is 8.57. The molecule has 0 saturated carbocycles. The van der Waals surface area contributed by atoms with Crippen LogP contribution in [0.1, 0.15) is 45.6 Å². The maximum Gasteiger partial charge on any atom is 0.303 e. The number of benzene rings is 1. The van der Waals surface area contributed by atoms with Crippen molar-refractivity contribution in [3.8, 4) is 5.75 Å². The standard InChI is InChI=1S/C17H24N2O4S/c1-12(18-19-15(20)11-17(2,3)24)13-6-8-14(9-7-13)23-10-4-5-16(21)22/h6-9,24H,4-5,10-11H2,1-3H3,(H,19,20)(H,21,22)/p+1/b18-12+. The molecule has 0 radical (unpaired) electrons. The SMILES string of the molecule is C/C(=N\NC(=O)CC(C)(C)[SH2+])c1ccc(OCCCC(=O)O)cc1. The smallest absolute Gasteiger partial charge is 0.303 e. The Labute approximate surface area is 147 Å². The van der Waals surface area contributed by atoms with Gasteiger partial charge in [-0.05, 0) is 69.6 Å². The minimum Gasteiger partial charge on any atom is -0.494 e. The van der Waals surface area contributed by atoms with Gasteiger partial charge in [0, 0.05) is 6.42 Å². The van der Waals surface area contributed by atoms with Gasteiger partial charge in [0.1, 0.15) is 10.5 Å². The Kier molecular flexibility index (Phi) is 7.78. The average Bonchev–Trinajstić information content (AvgIpc) is 2.48. The molecule has 2 N–H and O–H groups in total. The molecule has 0 aromatic heterocycles. The van der Waals surface area contributed by atoms with E-state index in [9.17, 15) is 9.59 Å². The van der Waals surface area contributed by atoms with Crippen LogP contribution < -0.4 is 10.2 Å². The summed E-state index contributed by atoms with van der Waals surface area (Å²) in [7, 11) is 0. The van der Waals surface area contributed by atoms with Gasteiger partial charge in [-0.2, -0.15) is 5.10 Å². The van der Waals surface area contributed by atoms with E-state index in [1.807, 2.05) is 32.9 Å². The van der Waals surface area contributed by atoms with Crippen LogP contribution in [0.2, 0.25) is 0 Å². The Morgan fingerprint density at radius 2 is 1.92 bits per heavy atom. The van der Waals surface area contributed by atoms with Gasteiger partial charge in [-0.3, -0.25) is 9.59 Å². The molecule has 0 aliphatic rings. The molecule has 0 heterocycles. The van der Waals surface area contributed by atoms with Gasteiger partial charge in [0.05, 0.1) is 18.7 Å². The minimum atomic E-state index is -0.828. The predicted octanol–water partition coefficient (Wildman–Crippen LogP) is 1.95. The lowest BCUT2D eigenvalue weighted by atomic mass is 10.1. The predicted molar refractivity (Wildman–Crippen MR) is 98.0 cm³/mol. The monoisotopic (exact) mass is 353 g/mol. The highest BCUT2D eigenvalue weighted by atomic mass is 32.1. The number of carbonyl (C=O) groups is 2. The van der Waals surface area contributed by atoms with Gasteiger partial charge in [-0.25, -0.2) is 5.43 Å². The molecule has 0 unspecified atom stereocenters. The van der Waals surface area contributed by atoms with Crippen molar-refractivity contribution in [2.45, 2.75) is 44.8 Å². The largest absolute Gasteiger partial charge is 0.494 e. The van der Waals surface area contributed by atoms with Crippen molar-refractivity contribution in [1.82, 2.24) is 5.43 Å². The molecule has 0 spiro atoms. The number of nitrogens with zero attached hydrogens (tertiary/aromatic N) is 1. The first kappa shape index (κ1) is 20.0. The van der Waals surface area contributed by atoms with Gasteiger partial charge in [0.15, 0.2) is 0 Å². The summed E-state index contributed by atoms with van der Waals surface area (Å²) in [5.74, 6) is -0.319. The Morgan fingerprint density at radius 3 is 2.46 bits per heavy atom. The van der Waals surface area contributed by atoms with Crippen LogP contribution in [-0.2, 0) is 22.2 Å². The van der Waals surface area contributed by atoms with Crippen molar-refractivity contribution in [2.24, 2.45) is 5.10 Å². The Bertz CT molecular complexity index is 592. The van der Waals surface area contributed by atoms with Crippen LogP contribution in [0, 0.1) is 0 Å². The van der Waals surface area contributed by atoms with Crippen molar-refractivity contribution in [3.63, 3.8) is 0 Å². The lowest BCUT2D eigenvalue weighted by molar-refractivity contribution is -0.137. The van der Waals surface area contributed by atoms with Crippen LogP contribution in [0.4, 0.5) is 0 Å². The zero-order chi connectivity index (χ0) is 18.2. The fourth-order valence-electron chi connectivity index (χ4n) is 1.86. The van der Waals surface area contributed by atoms with Crippen LogP contribution in [0.25, 0.3) is 0 Å². The number of aliphatic carboxylic acids is 1. The first-order valence-electron chi connectivity index (χ1n) is 7.70. The van der Waals surface area contributed by atoms with E-state index in [-0.39, 0.29) is 17.1 Å². The van der Waals surface area contributed by atoms with Gasteiger partial charge in [0.25, 0.3) is 0 Å². The Hall–Kier alpha value is -2.02. The van der Waals surface area contributed by atoms with E-state index in [1.54, 1.807) is 12.1 Å². The summed E-state index contributed by atoms with van der Waals surface area (Å²) >= 11 is 3.47. The van der Waals surface area contributed by atoms with Gasteiger partial charge >= 0.3 is 5.97 Å². The summed E-state index contributed by atoms with van der Waals surface area (Å²) in [6.45, 7) is 5.99. The van der Waals surface area contributed by atoms with E-state index < -0.39 is 5.97 Å². The number of hydrazone groups is 1. The van der Waals surface area contributed by atoms with E-state index in [2.05, 4.69) is 23.2 Å². The van der Waals surface area contributed by atoms with E-state index in [0.29, 0.717) is 30.9 Å². The number of carbonyl (C=O) groups excluding carboxylic acids is 1. The van der Waals surface area contributed by atoms with E-state index in [4.69, 9.17) is 9.84 Å². The second kappa shape index (κ2) is 9.32. The molecule has 0 bridgehead atoms. The third-order valence-electron chi connectivity index (χ3n) is 3.03. The highest BCUT2D eigenvalue weighted by molar-refractivity contribution is 7.60. The summed E-state index contributed by atoms with van der Waals surface area (Å²) in [5, 5.41) is 12.7. The minimum absolute atomic E-state index is 0.0919. The quantitative estimate of drug-likeness (QED) is 0.307. The number of rotatable bonds is 9. The maximum atomic E-state index is 11.7. The van der Waals surface area contributed by atoms with Crippen molar-refractivity contribution in [1.29, 1.82) is 0 Å². The van der Waals surface area contributed by atoms with Crippen molar-refractivity contribution in [2.75, 3.05) is 6.61 Å². The maximum absolute atomic E-state index is 11.7. The zero-order valence-electron chi connectivity index (χ0n) is 14.3. The summed E-state index contributed by atoms with van der Waals surface area (Å²) in [4.78, 5) is 22.1. The lowest BCUT2D eigenvalue weighted by Gasteiger charge is -2.10. The fourth-order valence-corrected chi connectivity index (χ4v) is 2.02. The highest BCUT2D eigenvalue weighted by Crippen LogP contribution is 2.13. The number of nitrogens with one attached hydrogen (secondary N) is 1.